The topological polar surface area (TPSA) is 151 Å². The molecule has 13 nitrogen and oxygen atoms in total. The van der Waals surface area contributed by atoms with Crippen LogP contribution in [0, 0.1) is 0 Å². The fourth-order valence-corrected chi connectivity index (χ4v) is 3.67. The molecule has 1 fully saturated rings. The number of methoxy groups -OCH3 is 3. The van der Waals surface area contributed by atoms with Crippen molar-refractivity contribution in [3.63, 3.8) is 0 Å². The minimum atomic E-state index is -1.19. The van der Waals surface area contributed by atoms with Crippen LogP contribution in [0.3, 0.4) is 0 Å². The van der Waals surface area contributed by atoms with Crippen molar-refractivity contribution in [2.75, 3.05) is 41.0 Å². The number of hydrogen-bond donors (Lipinski definition) is 2. The van der Waals surface area contributed by atoms with Crippen LogP contribution in [0.2, 0.25) is 0 Å². The maximum absolute atomic E-state index is 12.9. The van der Waals surface area contributed by atoms with Crippen molar-refractivity contribution in [2.24, 2.45) is 0 Å². The summed E-state index contributed by atoms with van der Waals surface area (Å²) in [5.74, 6) is -0.116. The van der Waals surface area contributed by atoms with E-state index in [1.165, 1.54) is 33.2 Å². The first-order chi connectivity index (χ1) is 17.9. The van der Waals surface area contributed by atoms with Crippen LogP contribution in [0.5, 0.6) is 17.2 Å². The number of carbonyl (C=O) groups excluding carboxylic acids is 4. The summed E-state index contributed by atoms with van der Waals surface area (Å²) < 4.78 is 31.2. The van der Waals surface area contributed by atoms with Crippen molar-refractivity contribution >= 4 is 24.1 Å². The SMILES string of the molecule is COc1cc(C(=O)NC2CCCN(C(=O)OC(C)OC(=O)CNC(=O)OC(C)(C)C)C2)cc(OC)c1OC. The van der Waals surface area contributed by atoms with E-state index < -0.39 is 36.6 Å². The molecular formula is C25H37N3O10. The molecule has 1 aliphatic rings. The first-order valence-electron chi connectivity index (χ1n) is 12.1. The average Bonchev–Trinajstić information content (AvgIpc) is 2.85. The van der Waals surface area contributed by atoms with Gasteiger partial charge in [0.05, 0.1) is 21.3 Å². The van der Waals surface area contributed by atoms with Crippen molar-refractivity contribution in [3.8, 4) is 17.2 Å². The van der Waals surface area contributed by atoms with Gasteiger partial charge in [-0.1, -0.05) is 0 Å². The molecule has 1 aromatic carbocycles. The third-order valence-electron chi connectivity index (χ3n) is 5.28. The largest absolute Gasteiger partial charge is 0.493 e. The van der Waals surface area contributed by atoms with Gasteiger partial charge in [0, 0.05) is 31.6 Å². The molecule has 1 aliphatic heterocycles. The average molecular weight is 540 g/mol. The molecule has 1 aromatic rings. The summed E-state index contributed by atoms with van der Waals surface area (Å²) in [6, 6.07) is 2.75. The molecule has 0 aliphatic carbocycles. The number of piperidine rings is 1. The Hall–Kier alpha value is -3.90. The van der Waals surface area contributed by atoms with Gasteiger partial charge in [0.1, 0.15) is 12.1 Å². The fraction of sp³-hybridized carbons (Fsp3) is 0.600. The standard InChI is InChI=1S/C25H37N3O10/c1-15(36-20(29)13-26-23(31)38-25(2,3)4)37-24(32)28-10-8-9-17(14-28)27-22(30)16-11-18(33-5)21(35-7)19(12-16)34-6/h11-12,15,17H,8-10,13-14H2,1-7H3,(H,26,31)(H,27,30). The molecule has 212 valence electrons. The Morgan fingerprint density at radius 1 is 1.03 bits per heavy atom. The molecule has 2 rings (SSSR count). The first-order valence-corrected chi connectivity index (χ1v) is 12.1. The summed E-state index contributed by atoms with van der Waals surface area (Å²) in [5.41, 5.74) is -0.406. The molecule has 0 bridgehead atoms. The zero-order valence-electron chi connectivity index (χ0n) is 22.9. The molecule has 13 heteroatoms. The Kier molecular flexibility index (Phi) is 10.8. The number of carbonyl (C=O) groups is 4. The van der Waals surface area contributed by atoms with E-state index in [1.54, 1.807) is 32.9 Å². The molecule has 1 saturated heterocycles. The van der Waals surface area contributed by atoms with E-state index >= 15 is 0 Å². The number of benzene rings is 1. The van der Waals surface area contributed by atoms with E-state index in [2.05, 4.69) is 10.6 Å². The van der Waals surface area contributed by atoms with Crippen LogP contribution in [-0.4, -0.2) is 87.9 Å². The van der Waals surface area contributed by atoms with E-state index in [0.29, 0.717) is 42.2 Å². The lowest BCUT2D eigenvalue weighted by Crippen LogP contribution is -2.50. The summed E-state index contributed by atoms with van der Waals surface area (Å²) >= 11 is 0. The monoisotopic (exact) mass is 539 g/mol. The highest BCUT2D eigenvalue weighted by molar-refractivity contribution is 5.96. The number of amides is 3. The molecule has 0 saturated carbocycles. The van der Waals surface area contributed by atoms with Crippen LogP contribution in [0.25, 0.3) is 0 Å². The van der Waals surface area contributed by atoms with Crippen molar-refractivity contribution in [1.82, 2.24) is 15.5 Å². The van der Waals surface area contributed by atoms with Gasteiger partial charge >= 0.3 is 18.2 Å². The Bertz CT molecular complexity index is 983. The number of nitrogens with zero attached hydrogens (tertiary/aromatic N) is 1. The maximum atomic E-state index is 12.9. The Balaban J connectivity index is 1.88. The quantitative estimate of drug-likeness (QED) is 0.354. The highest BCUT2D eigenvalue weighted by Gasteiger charge is 2.28. The fourth-order valence-electron chi connectivity index (χ4n) is 3.67. The summed E-state index contributed by atoms with van der Waals surface area (Å²) in [6.45, 7) is 6.63. The Morgan fingerprint density at radius 2 is 1.66 bits per heavy atom. The van der Waals surface area contributed by atoms with Crippen molar-refractivity contribution in [2.45, 2.75) is 58.5 Å². The summed E-state index contributed by atoms with van der Waals surface area (Å²) in [4.78, 5) is 50.5. The second-order valence-electron chi connectivity index (χ2n) is 9.47. The van der Waals surface area contributed by atoms with E-state index in [4.69, 9.17) is 28.4 Å². The number of hydrogen-bond acceptors (Lipinski definition) is 10. The second kappa shape index (κ2) is 13.6. The highest BCUT2D eigenvalue weighted by Crippen LogP contribution is 2.38. The Labute approximate surface area is 222 Å². The lowest BCUT2D eigenvalue weighted by Gasteiger charge is -2.33. The second-order valence-corrected chi connectivity index (χ2v) is 9.47. The van der Waals surface area contributed by atoms with E-state index in [-0.39, 0.29) is 18.5 Å². The zero-order valence-corrected chi connectivity index (χ0v) is 22.9. The van der Waals surface area contributed by atoms with Gasteiger partial charge in [0.2, 0.25) is 12.0 Å². The third-order valence-corrected chi connectivity index (χ3v) is 5.28. The van der Waals surface area contributed by atoms with Crippen LogP contribution in [0.4, 0.5) is 9.59 Å². The predicted octanol–water partition coefficient (Wildman–Crippen LogP) is 2.46. The summed E-state index contributed by atoms with van der Waals surface area (Å²) in [5, 5.41) is 5.18. The zero-order chi connectivity index (χ0) is 28.5. The molecule has 2 N–H and O–H groups in total. The summed E-state index contributed by atoms with van der Waals surface area (Å²) in [6.07, 6.45) is -1.38. The minimum absolute atomic E-state index is 0.204. The number of alkyl carbamates (subject to hydrolysis) is 1. The van der Waals surface area contributed by atoms with Crippen LogP contribution >= 0.6 is 0 Å². The lowest BCUT2D eigenvalue weighted by atomic mass is 10.1. The minimum Gasteiger partial charge on any atom is -0.493 e. The van der Waals surface area contributed by atoms with E-state index in [0.717, 1.165) is 0 Å². The molecule has 3 amide bonds. The van der Waals surface area contributed by atoms with Gasteiger partial charge in [-0.15, -0.1) is 0 Å². The molecule has 0 radical (unpaired) electrons. The predicted molar refractivity (Wildman–Crippen MR) is 134 cm³/mol. The maximum Gasteiger partial charge on any atom is 0.412 e. The van der Waals surface area contributed by atoms with E-state index in [1.807, 2.05) is 0 Å². The number of nitrogens with one attached hydrogen (secondary N) is 2. The van der Waals surface area contributed by atoms with Gasteiger partial charge < -0.3 is 44.0 Å². The first kappa shape index (κ1) is 30.3. The Morgan fingerprint density at radius 3 is 2.21 bits per heavy atom. The molecule has 38 heavy (non-hydrogen) atoms. The van der Waals surface area contributed by atoms with Gasteiger partial charge in [-0.25, -0.2) is 9.59 Å². The molecule has 1 heterocycles. The number of likely N-dealkylation sites (tertiary alicyclic amines) is 1. The van der Waals surface area contributed by atoms with Gasteiger partial charge in [-0.05, 0) is 45.7 Å². The lowest BCUT2D eigenvalue weighted by molar-refractivity contribution is -0.165. The molecule has 2 unspecified atom stereocenters. The van der Waals surface area contributed by atoms with Crippen molar-refractivity contribution in [3.05, 3.63) is 17.7 Å². The highest BCUT2D eigenvalue weighted by atomic mass is 16.7. The van der Waals surface area contributed by atoms with Gasteiger partial charge in [-0.3, -0.25) is 9.59 Å². The van der Waals surface area contributed by atoms with Crippen LogP contribution in [0.15, 0.2) is 12.1 Å². The third kappa shape index (κ3) is 9.20. The molecule has 2 atom stereocenters. The molecular weight excluding hydrogens is 502 g/mol. The van der Waals surface area contributed by atoms with Crippen LogP contribution in [0.1, 0.15) is 50.9 Å². The van der Waals surface area contributed by atoms with Gasteiger partial charge in [0.25, 0.3) is 5.91 Å². The smallest absolute Gasteiger partial charge is 0.412 e. The van der Waals surface area contributed by atoms with Crippen molar-refractivity contribution < 1.29 is 47.6 Å². The number of rotatable bonds is 9. The van der Waals surface area contributed by atoms with Gasteiger partial charge in [0.15, 0.2) is 11.5 Å². The molecule has 0 aromatic heterocycles. The summed E-state index contributed by atoms with van der Waals surface area (Å²) in [7, 11) is 4.39. The van der Waals surface area contributed by atoms with E-state index in [9.17, 15) is 19.2 Å². The van der Waals surface area contributed by atoms with Crippen molar-refractivity contribution in [1.29, 1.82) is 0 Å². The normalized spacial score (nSPS) is 16.0. The molecule has 0 spiro atoms. The van der Waals surface area contributed by atoms with Gasteiger partial charge in [-0.2, -0.15) is 0 Å². The van der Waals surface area contributed by atoms with Crippen LogP contribution in [-0.2, 0) is 19.0 Å². The number of esters is 1. The van der Waals surface area contributed by atoms with Crippen LogP contribution < -0.4 is 24.8 Å². The number of ether oxygens (including phenoxy) is 6.